The summed E-state index contributed by atoms with van der Waals surface area (Å²) < 4.78 is 23.1. The number of carbonyl (C=O) groups is 2. The monoisotopic (exact) mass is 359 g/mol. The summed E-state index contributed by atoms with van der Waals surface area (Å²) in [6.45, 7) is 2.70. The van der Waals surface area contributed by atoms with Gasteiger partial charge in [-0.3, -0.25) is 9.59 Å². The van der Waals surface area contributed by atoms with E-state index in [2.05, 4.69) is 0 Å². The van der Waals surface area contributed by atoms with Crippen molar-refractivity contribution in [3.8, 4) is 0 Å². The second-order valence-corrected chi connectivity index (χ2v) is 5.61. The fourth-order valence-corrected chi connectivity index (χ4v) is 2.35. The number of furan rings is 1. The minimum Gasteiger partial charge on any atom is -0.466 e. The smallest absolute Gasteiger partial charge is 0.307 e. The lowest BCUT2D eigenvalue weighted by molar-refractivity contribution is -0.143. The highest BCUT2D eigenvalue weighted by Crippen LogP contribution is 2.08. The summed E-state index contributed by atoms with van der Waals surface area (Å²) in [5, 5.41) is 0. The van der Waals surface area contributed by atoms with Crippen LogP contribution in [0.25, 0.3) is 6.08 Å². The van der Waals surface area contributed by atoms with E-state index in [0.29, 0.717) is 25.3 Å². The Kier molecular flexibility index (Phi) is 7.61. The third-order valence-electron chi connectivity index (χ3n) is 3.72. The van der Waals surface area contributed by atoms with Gasteiger partial charge in [0.05, 0.1) is 19.3 Å². The molecule has 1 aromatic carbocycles. The van der Waals surface area contributed by atoms with Gasteiger partial charge in [0.15, 0.2) is 0 Å². The van der Waals surface area contributed by atoms with Gasteiger partial charge in [-0.15, -0.1) is 0 Å². The number of carbonyl (C=O) groups excluding carboxylic acids is 2. The van der Waals surface area contributed by atoms with Crippen LogP contribution in [0.3, 0.4) is 0 Å². The molecule has 2 rings (SSSR count). The molecule has 1 heterocycles. The third kappa shape index (κ3) is 6.55. The fraction of sp³-hybridized carbons (Fsp3) is 0.300. The summed E-state index contributed by atoms with van der Waals surface area (Å²) in [6.07, 6.45) is 5.20. The molecular weight excluding hydrogens is 337 g/mol. The van der Waals surface area contributed by atoms with Gasteiger partial charge in [0.25, 0.3) is 0 Å². The van der Waals surface area contributed by atoms with Crippen LogP contribution in [-0.4, -0.2) is 36.5 Å². The van der Waals surface area contributed by atoms with Crippen LogP contribution in [0.5, 0.6) is 0 Å². The Morgan fingerprint density at radius 2 is 1.96 bits per heavy atom. The van der Waals surface area contributed by atoms with Crippen molar-refractivity contribution in [3.63, 3.8) is 0 Å². The first-order valence-electron chi connectivity index (χ1n) is 8.49. The van der Waals surface area contributed by atoms with Gasteiger partial charge in [-0.1, -0.05) is 12.1 Å². The van der Waals surface area contributed by atoms with Crippen molar-refractivity contribution in [1.82, 2.24) is 4.90 Å². The highest BCUT2D eigenvalue weighted by atomic mass is 19.1. The molecule has 1 aromatic heterocycles. The number of amides is 1. The highest BCUT2D eigenvalue weighted by molar-refractivity contribution is 5.91. The fourth-order valence-electron chi connectivity index (χ4n) is 2.35. The summed E-state index contributed by atoms with van der Waals surface area (Å²) in [6, 6.07) is 9.61. The van der Waals surface area contributed by atoms with E-state index >= 15 is 0 Å². The Bertz CT molecular complexity index is 723. The minimum absolute atomic E-state index is 0.123. The number of halogens is 1. The normalized spacial score (nSPS) is 10.8. The van der Waals surface area contributed by atoms with Crippen molar-refractivity contribution in [3.05, 3.63) is 65.9 Å². The molecule has 0 atom stereocenters. The van der Waals surface area contributed by atoms with Crippen molar-refractivity contribution in [2.75, 3.05) is 19.7 Å². The SMILES string of the molecule is CCOC(=O)CCN(CCc1ccc(F)cc1)C(=O)/C=C/c1ccco1. The maximum atomic E-state index is 13.0. The van der Waals surface area contributed by atoms with E-state index < -0.39 is 0 Å². The van der Waals surface area contributed by atoms with E-state index in [9.17, 15) is 14.0 Å². The number of ether oxygens (including phenoxy) is 1. The molecule has 0 aliphatic rings. The van der Waals surface area contributed by atoms with Crippen LogP contribution in [0.4, 0.5) is 4.39 Å². The van der Waals surface area contributed by atoms with Gasteiger partial charge >= 0.3 is 5.97 Å². The standard InChI is InChI=1S/C20H22FNO4/c1-2-25-20(24)12-14-22(13-11-16-5-7-17(21)8-6-16)19(23)10-9-18-4-3-15-26-18/h3-10,15H,2,11-14H2,1H3/b10-9+. The molecule has 0 fully saturated rings. The molecule has 6 heteroatoms. The van der Waals surface area contributed by atoms with E-state index in [4.69, 9.17) is 9.15 Å². The molecule has 0 saturated heterocycles. The highest BCUT2D eigenvalue weighted by Gasteiger charge is 2.13. The summed E-state index contributed by atoms with van der Waals surface area (Å²) in [7, 11) is 0. The third-order valence-corrected chi connectivity index (χ3v) is 3.72. The van der Waals surface area contributed by atoms with Gasteiger partial charge in [0, 0.05) is 19.2 Å². The lowest BCUT2D eigenvalue weighted by Crippen LogP contribution is -2.33. The van der Waals surface area contributed by atoms with Crippen LogP contribution in [0.15, 0.2) is 53.2 Å². The largest absolute Gasteiger partial charge is 0.466 e. The van der Waals surface area contributed by atoms with Gasteiger partial charge in [0.2, 0.25) is 5.91 Å². The second-order valence-electron chi connectivity index (χ2n) is 5.61. The molecule has 0 aliphatic heterocycles. The lowest BCUT2D eigenvalue weighted by atomic mass is 10.1. The maximum absolute atomic E-state index is 13.0. The van der Waals surface area contributed by atoms with Crippen molar-refractivity contribution in [2.24, 2.45) is 0 Å². The first kappa shape index (κ1) is 19.4. The van der Waals surface area contributed by atoms with E-state index in [0.717, 1.165) is 5.56 Å². The quantitative estimate of drug-likeness (QED) is 0.508. The van der Waals surface area contributed by atoms with Crippen molar-refractivity contribution >= 4 is 18.0 Å². The maximum Gasteiger partial charge on any atom is 0.307 e. The van der Waals surface area contributed by atoms with Crippen LogP contribution in [0, 0.1) is 5.82 Å². The Hall–Kier alpha value is -2.89. The predicted molar refractivity (Wildman–Crippen MR) is 95.7 cm³/mol. The Morgan fingerprint density at radius 3 is 2.62 bits per heavy atom. The molecule has 26 heavy (non-hydrogen) atoms. The van der Waals surface area contributed by atoms with Gasteiger partial charge < -0.3 is 14.1 Å². The minimum atomic E-state index is -0.345. The molecule has 5 nitrogen and oxygen atoms in total. The summed E-state index contributed by atoms with van der Waals surface area (Å²) in [5.74, 6) is -0.303. The average molecular weight is 359 g/mol. The summed E-state index contributed by atoms with van der Waals surface area (Å²) in [5.41, 5.74) is 0.912. The molecule has 0 N–H and O–H groups in total. The van der Waals surface area contributed by atoms with Crippen LogP contribution in [0.1, 0.15) is 24.7 Å². The van der Waals surface area contributed by atoms with Crippen LogP contribution < -0.4 is 0 Å². The first-order valence-corrected chi connectivity index (χ1v) is 8.49. The molecule has 1 amide bonds. The molecule has 0 unspecified atom stereocenters. The van der Waals surface area contributed by atoms with Crippen molar-refractivity contribution in [1.29, 1.82) is 0 Å². The first-order chi connectivity index (χ1) is 12.6. The van der Waals surface area contributed by atoms with E-state index in [1.165, 1.54) is 24.5 Å². The van der Waals surface area contributed by atoms with Gasteiger partial charge in [-0.25, -0.2) is 4.39 Å². The zero-order chi connectivity index (χ0) is 18.8. The number of esters is 1. The average Bonchev–Trinajstić information content (AvgIpc) is 3.15. The predicted octanol–water partition coefficient (Wildman–Crippen LogP) is 3.46. The van der Waals surface area contributed by atoms with Gasteiger partial charge in [0.1, 0.15) is 11.6 Å². The van der Waals surface area contributed by atoms with E-state index in [1.54, 1.807) is 42.2 Å². The number of hydrogen-bond donors (Lipinski definition) is 0. The Morgan fingerprint density at radius 1 is 1.19 bits per heavy atom. The Balaban J connectivity index is 1.98. The molecule has 2 aromatic rings. The van der Waals surface area contributed by atoms with Gasteiger partial charge in [-0.2, -0.15) is 0 Å². The molecule has 0 radical (unpaired) electrons. The second kappa shape index (κ2) is 10.2. The molecule has 0 aliphatic carbocycles. The summed E-state index contributed by atoms with van der Waals surface area (Å²) >= 11 is 0. The lowest BCUT2D eigenvalue weighted by Gasteiger charge is -2.21. The van der Waals surface area contributed by atoms with E-state index in [1.807, 2.05) is 0 Å². The Labute approximate surface area is 152 Å². The molecular formula is C20H22FNO4. The molecule has 0 bridgehead atoms. The van der Waals surface area contributed by atoms with Crippen molar-refractivity contribution < 1.29 is 23.1 Å². The van der Waals surface area contributed by atoms with Crippen LogP contribution in [0.2, 0.25) is 0 Å². The molecule has 0 spiro atoms. The number of benzene rings is 1. The van der Waals surface area contributed by atoms with Crippen LogP contribution >= 0.6 is 0 Å². The van der Waals surface area contributed by atoms with Crippen LogP contribution in [-0.2, 0) is 20.7 Å². The molecule has 0 saturated carbocycles. The molecule has 138 valence electrons. The van der Waals surface area contributed by atoms with Crippen molar-refractivity contribution in [2.45, 2.75) is 19.8 Å². The zero-order valence-corrected chi connectivity index (χ0v) is 14.7. The topological polar surface area (TPSA) is 59.8 Å². The van der Waals surface area contributed by atoms with E-state index in [-0.39, 0.29) is 30.7 Å². The zero-order valence-electron chi connectivity index (χ0n) is 14.7. The number of nitrogens with zero attached hydrogens (tertiary/aromatic N) is 1. The number of rotatable bonds is 9. The summed E-state index contributed by atoms with van der Waals surface area (Å²) in [4.78, 5) is 25.6. The number of hydrogen-bond acceptors (Lipinski definition) is 4. The van der Waals surface area contributed by atoms with Gasteiger partial charge in [-0.05, 0) is 49.2 Å².